The van der Waals surface area contributed by atoms with E-state index in [1.807, 2.05) is 0 Å². The molecule has 0 rings (SSSR count). The van der Waals surface area contributed by atoms with Gasteiger partial charge in [-0.2, -0.15) is 0 Å². The molecule has 0 N–H and O–H groups in total. The molecule has 0 saturated heterocycles. The van der Waals surface area contributed by atoms with E-state index >= 15 is 0 Å². The van der Waals surface area contributed by atoms with Crippen LogP contribution in [0.5, 0.6) is 0 Å². The highest BCUT2D eigenvalue weighted by Crippen LogP contribution is 1.28. The third-order valence-electron chi connectivity index (χ3n) is 0.0962. The predicted octanol–water partition coefficient (Wildman–Crippen LogP) is -2.06. The summed E-state index contributed by atoms with van der Waals surface area (Å²) >= 11 is 0. The minimum Gasteiger partial charge on any atom is -0.542 e. The van der Waals surface area contributed by atoms with Gasteiger partial charge in [0.1, 0.15) is 5.97 Å². The van der Waals surface area contributed by atoms with Gasteiger partial charge in [0.2, 0.25) is 0 Å². The Labute approximate surface area is 28.2 Å². The number of rotatable bonds is 1. The average molecular weight is 74.0 g/mol. The minimum atomic E-state index is -1.68. The molecule has 0 aliphatic carbocycles. The highest BCUT2D eigenvalue weighted by atomic mass is 16.4. The van der Waals surface area contributed by atoms with Gasteiger partial charge in [-0.05, 0) is 0 Å². The van der Waals surface area contributed by atoms with Crippen LogP contribution >= 0.6 is 0 Å². The van der Waals surface area contributed by atoms with Crippen molar-refractivity contribution < 1.29 is 14.7 Å². The van der Waals surface area contributed by atoms with Crippen molar-refractivity contribution >= 4 is 12.3 Å². The van der Waals surface area contributed by atoms with Crippen molar-refractivity contribution in [3.05, 3.63) is 0 Å². The monoisotopic (exact) mass is 74.0 g/mol. The van der Waals surface area contributed by atoms with Crippen LogP contribution in [0.2, 0.25) is 0 Å². The molecule has 0 aliphatic heterocycles. The van der Waals surface area contributed by atoms with Crippen molar-refractivity contribution in [2.75, 3.05) is 0 Å². The van der Waals surface area contributed by atoms with Crippen molar-refractivity contribution in [3.8, 4) is 0 Å². The number of aldehydes is 1. The maximum Gasteiger partial charge on any atom is 0.165 e. The number of hydrogen-bond acceptors (Lipinski definition) is 3. The van der Waals surface area contributed by atoms with Crippen LogP contribution in [-0.2, 0) is 9.59 Å². The Morgan fingerprint density at radius 3 is 2.00 bits per heavy atom. The Balaban J connectivity index is 3.20. The molecule has 0 aromatic carbocycles. The molecule has 0 aromatic heterocycles. The molecule has 0 amide bonds. The van der Waals surface area contributed by atoms with Crippen LogP contribution in [0, 0.1) is 0 Å². The van der Waals surface area contributed by atoms with Crippen LogP contribution in [-0.4, -0.2) is 12.3 Å². The molecule has 0 spiro atoms. The van der Waals surface area contributed by atoms with Crippen molar-refractivity contribution in [2.24, 2.45) is 0 Å². The molecular weight excluding hydrogens is 73.0 g/mol. The zero-order valence-electron chi connectivity index (χ0n) is 2.30. The maximum absolute atomic E-state index is 8.89. The van der Waals surface area contributed by atoms with Crippen molar-refractivity contribution in [3.63, 3.8) is 0 Å². The smallest absolute Gasteiger partial charge is 0.165 e. The van der Waals surface area contributed by atoms with Crippen LogP contribution in [0.4, 0.5) is 0 Å². The van der Waals surface area contributed by atoms with Crippen molar-refractivity contribution in [1.29, 1.82) is 0 Å². The molecule has 0 saturated carbocycles. The third-order valence-corrected chi connectivity index (χ3v) is 0.0962. The van der Waals surface area contributed by atoms with Gasteiger partial charge < -0.3 is 9.90 Å². The molecule has 0 fully saturated rings. The first kappa shape index (κ1) is 4.14. The Morgan fingerprint density at radius 1 is 1.80 bits per heavy atom. The molecular formula is C2HO3-. The fourth-order valence-corrected chi connectivity index (χ4v) is 0. The minimum absolute atomic E-state index is 0.278. The third kappa shape index (κ3) is 3.14. The second-order valence-electron chi connectivity index (χ2n) is 0.437. The number of carbonyl (C=O) groups excluding carboxylic acids is 2. The van der Waals surface area contributed by atoms with E-state index in [9.17, 15) is 0 Å². The second-order valence-corrected chi connectivity index (χ2v) is 0.437. The number of carbonyl (C=O) groups is 2. The van der Waals surface area contributed by atoms with Crippen LogP contribution in [0.25, 0.3) is 0 Å². The summed E-state index contributed by atoms with van der Waals surface area (Å²) in [5, 5.41) is 8.89. The van der Waals surface area contributed by atoms with Gasteiger partial charge in [-0.25, -0.2) is 0 Å². The molecule has 0 bridgehead atoms. The van der Waals surface area contributed by atoms with Crippen LogP contribution in [0.3, 0.4) is 0 Å². The van der Waals surface area contributed by atoms with Gasteiger partial charge in [0, 0.05) is 0 Å². The summed E-state index contributed by atoms with van der Waals surface area (Å²) in [6.45, 7) is 0. The fraction of sp³-hybridized carbons (Fsp3) is 0. The van der Waals surface area contributed by atoms with Gasteiger partial charge >= 0.3 is 0 Å². The lowest BCUT2D eigenvalue weighted by Crippen LogP contribution is -2.22. The molecule has 0 unspecified atom stereocenters. The van der Waals surface area contributed by atoms with E-state index in [4.69, 9.17) is 14.7 Å². The lowest BCUT2D eigenvalue weighted by atomic mass is 11.1. The predicted molar refractivity (Wildman–Crippen MR) is 11.1 cm³/mol. The Kier molecular flexibility index (Phi) is 1.21. The summed E-state index contributed by atoms with van der Waals surface area (Å²) < 4.78 is 0. The average Bonchev–Trinajstić information content (AvgIpc) is 1.38. The molecule has 0 aliphatic rings. The van der Waals surface area contributed by atoms with Gasteiger partial charge in [-0.1, -0.05) is 0 Å². The molecule has 0 aromatic rings. The standard InChI is InChI=1S/C2H2O3/c3-1-2(4)5/h1H,(H,4,5)/p-1/i1+1. The zero-order valence-corrected chi connectivity index (χ0v) is 2.30. The lowest BCUT2D eigenvalue weighted by Gasteiger charge is -1.76. The first-order valence-corrected chi connectivity index (χ1v) is 0.933. The first-order valence-electron chi connectivity index (χ1n) is 0.933. The van der Waals surface area contributed by atoms with Gasteiger partial charge in [-0.3, -0.25) is 4.79 Å². The normalized spacial score (nSPS) is 6.40. The number of hydrogen-bond donors (Lipinski definition) is 0. The molecule has 3 nitrogen and oxygen atoms in total. The SMILES string of the molecule is O=[13CH]C(=O)[O-]. The summed E-state index contributed by atoms with van der Waals surface area (Å²) in [7, 11) is 0. The summed E-state index contributed by atoms with van der Waals surface area (Å²) in [5.74, 6) is -1.68. The van der Waals surface area contributed by atoms with Crippen molar-refractivity contribution in [2.45, 2.75) is 0 Å². The van der Waals surface area contributed by atoms with Gasteiger partial charge in [0.15, 0.2) is 6.29 Å². The Hall–Kier alpha value is -0.860. The molecule has 0 radical (unpaired) electrons. The van der Waals surface area contributed by atoms with Gasteiger partial charge in [0.25, 0.3) is 0 Å². The van der Waals surface area contributed by atoms with E-state index in [-0.39, 0.29) is 6.29 Å². The highest BCUT2D eigenvalue weighted by molar-refractivity contribution is 6.17. The van der Waals surface area contributed by atoms with E-state index in [0.717, 1.165) is 0 Å². The summed E-state index contributed by atoms with van der Waals surface area (Å²) in [4.78, 5) is 17.7. The van der Waals surface area contributed by atoms with E-state index in [1.54, 1.807) is 0 Å². The maximum atomic E-state index is 8.89. The summed E-state index contributed by atoms with van der Waals surface area (Å²) in [5.41, 5.74) is 0. The quantitative estimate of drug-likeness (QED) is 0.204. The van der Waals surface area contributed by atoms with Crippen molar-refractivity contribution in [1.82, 2.24) is 0 Å². The molecule has 0 heterocycles. The molecule has 0 atom stereocenters. The number of carboxylic acid groups (broad SMARTS) is 1. The summed E-state index contributed by atoms with van der Waals surface area (Å²) in [6.07, 6.45) is -0.278. The molecule has 28 valence electrons. The van der Waals surface area contributed by atoms with E-state index in [0.29, 0.717) is 0 Å². The Bertz CT molecular complexity index is 55.9. The second kappa shape index (κ2) is 1.46. The highest BCUT2D eigenvalue weighted by Gasteiger charge is 1.63. The first-order chi connectivity index (χ1) is 2.27. The zero-order chi connectivity index (χ0) is 4.28. The molecule has 3 heteroatoms. The van der Waals surface area contributed by atoms with E-state index in [2.05, 4.69) is 0 Å². The lowest BCUT2D eigenvalue weighted by molar-refractivity contribution is -0.298. The van der Waals surface area contributed by atoms with Crippen LogP contribution in [0.1, 0.15) is 0 Å². The topological polar surface area (TPSA) is 57.2 Å². The Morgan fingerprint density at radius 2 is 2.00 bits per heavy atom. The van der Waals surface area contributed by atoms with Crippen LogP contribution in [0.15, 0.2) is 0 Å². The van der Waals surface area contributed by atoms with E-state index in [1.165, 1.54) is 0 Å². The number of aliphatic carboxylic acids is 1. The number of carboxylic acids is 1. The summed E-state index contributed by atoms with van der Waals surface area (Å²) in [6, 6.07) is 0. The van der Waals surface area contributed by atoms with Gasteiger partial charge in [-0.15, -0.1) is 0 Å². The van der Waals surface area contributed by atoms with Crippen LogP contribution < -0.4 is 5.11 Å². The largest absolute Gasteiger partial charge is 0.542 e. The fourth-order valence-electron chi connectivity index (χ4n) is 0. The van der Waals surface area contributed by atoms with Gasteiger partial charge in [0.05, 0.1) is 0 Å². The van der Waals surface area contributed by atoms with E-state index < -0.39 is 5.97 Å². The molecule has 5 heavy (non-hydrogen) atoms.